The second kappa shape index (κ2) is 6.62. The van der Waals surface area contributed by atoms with Gasteiger partial charge in [0.1, 0.15) is 0 Å². The van der Waals surface area contributed by atoms with Crippen molar-refractivity contribution in [3.8, 4) is 0 Å². The van der Waals surface area contributed by atoms with E-state index >= 15 is 0 Å². The molecule has 4 heteroatoms. The molecule has 1 aromatic rings. The van der Waals surface area contributed by atoms with Gasteiger partial charge in [0.25, 0.3) is 0 Å². The maximum atomic E-state index is 6.29. The normalized spacial score (nSPS) is 21.7. The highest BCUT2D eigenvalue weighted by Crippen LogP contribution is 2.29. The average Bonchev–Trinajstić information content (AvgIpc) is 3.01. The largest absolute Gasteiger partial charge is 0.326 e. The predicted molar refractivity (Wildman–Crippen MR) is 79.0 cm³/mol. The van der Waals surface area contributed by atoms with Crippen LogP contribution in [0.1, 0.15) is 51.3 Å². The minimum Gasteiger partial charge on any atom is -0.326 e. The summed E-state index contributed by atoms with van der Waals surface area (Å²) in [5.74, 6) is 1.28. The van der Waals surface area contributed by atoms with Gasteiger partial charge in [-0.3, -0.25) is 4.68 Å². The smallest absolute Gasteiger partial charge is 0.0640 e. The highest BCUT2D eigenvalue weighted by molar-refractivity contribution is 8.00. The van der Waals surface area contributed by atoms with Crippen molar-refractivity contribution < 1.29 is 0 Å². The van der Waals surface area contributed by atoms with Crippen molar-refractivity contribution in [3.05, 3.63) is 18.0 Å². The number of nitrogens with zero attached hydrogens (tertiary/aromatic N) is 2. The Morgan fingerprint density at radius 2 is 2.28 bits per heavy atom. The van der Waals surface area contributed by atoms with E-state index in [1.807, 2.05) is 11.8 Å². The molecule has 3 nitrogen and oxygen atoms in total. The molecule has 102 valence electrons. The van der Waals surface area contributed by atoms with E-state index in [4.69, 9.17) is 10.8 Å². The highest BCUT2D eigenvalue weighted by atomic mass is 32.2. The van der Waals surface area contributed by atoms with Crippen molar-refractivity contribution in [2.45, 2.75) is 63.3 Å². The van der Waals surface area contributed by atoms with Crippen LogP contribution in [0.2, 0.25) is 0 Å². The molecule has 0 aromatic carbocycles. The van der Waals surface area contributed by atoms with Gasteiger partial charge in [-0.05, 0) is 37.5 Å². The topological polar surface area (TPSA) is 43.8 Å². The molecule has 2 unspecified atom stereocenters. The first kappa shape index (κ1) is 13.9. The summed E-state index contributed by atoms with van der Waals surface area (Å²) in [6, 6.07) is 2.94. The molecule has 2 atom stereocenters. The monoisotopic (exact) mass is 267 g/mol. The minimum atomic E-state index is 0.266. The molecular weight excluding hydrogens is 242 g/mol. The SMILES string of the molecule is CCC(CC)n1ccc(CC(N)C2CCCS2)n1. The number of thioether (sulfide) groups is 1. The molecular formula is C14H25N3S. The Morgan fingerprint density at radius 1 is 1.50 bits per heavy atom. The van der Waals surface area contributed by atoms with Gasteiger partial charge < -0.3 is 5.73 Å². The zero-order valence-electron chi connectivity index (χ0n) is 11.5. The van der Waals surface area contributed by atoms with Crippen LogP contribution < -0.4 is 5.73 Å². The summed E-state index contributed by atoms with van der Waals surface area (Å²) in [4.78, 5) is 0. The predicted octanol–water partition coefficient (Wildman–Crippen LogP) is 3.01. The molecule has 18 heavy (non-hydrogen) atoms. The van der Waals surface area contributed by atoms with Gasteiger partial charge in [-0.15, -0.1) is 0 Å². The van der Waals surface area contributed by atoms with Gasteiger partial charge in [0.15, 0.2) is 0 Å². The van der Waals surface area contributed by atoms with Gasteiger partial charge in [0.2, 0.25) is 0 Å². The van der Waals surface area contributed by atoms with Gasteiger partial charge in [-0.1, -0.05) is 13.8 Å². The van der Waals surface area contributed by atoms with Crippen LogP contribution in [0, 0.1) is 0 Å². The molecule has 0 radical (unpaired) electrons. The Labute approximate surface area is 115 Å². The first-order chi connectivity index (χ1) is 8.74. The third kappa shape index (κ3) is 3.29. The molecule has 0 aliphatic carbocycles. The summed E-state index contributed by atoms with van der Waals surface area (Å²) >= 11 is 2.03. The molecule has 0 saturated carbocycles. The van der Waals surface area contributed by atoms with Crippen LogP contribution in [0.25, 0.3) is 0 Å². The summed E-state index contributed by atoms with van der Waals surface area (Å²) in [5, 5.41) is 5.33. The fourth-order valence-electron chi connectivity index (χ4n) is 2.67. The van der Waals surface area contributed by atoms with E-state index in [1.54, 1.807) is 0 Å². The number of rotatable bonds is 6. The van der Waals surface area contributed by atoms with Gasteiger partial charge in [0, 0.05) is 23.9 Å². The lowest BCUT2D eigenvalue weighted by atomic mass is 10.1. The first-order valence-corrected chi connectivity index (χ1v) is 8.20. The zero-order chi connectivity index (χ0) is 13.0. The number of hydrogen-bond acceptors (Lipinski definition) is 3. The maximum Gasteiger partial charge on any atom is 0.0640 e. The summed E-state index contributed by atoms with van der Waals surface area (Å²) < 4.78 is 2.11. The van der Waals surface area contributed by atoms with Crippen LogP contribution in [0.3, 0.4) is 0 Å². The van der Waals surface area contributed by atoms with Crippen molar-refractivity contribution in [3.63, 3.8) is 0 Å². The summed E-state index contributed by atoms with van der Waals surface area (Å²) in [6.07, 6.45) is 7.92. The van der Waals surface area contributed by atoms with Crippen molar-refractivity contribution >= 4 is 11.8 Å². The first-order valence-electron chi connectivity index (χ1n) is 7.15. The molecule has 0 bridgehead atoms. The van der Waals surface area contributed by atoms with Gasteiger partial charge in [-0.25, -0.2) is 0 Å². The standard InChI is InChI=1S/C14H25N3S/c1-3-12(4-2)17-8-7-11(16-17)10-13(15)14-6-5-9-18-14/h7-8,12-14H,3-6,9-10,15H2,1-2H3. The summed E-state index contributed by atoms with van der Waals surface area (Å²) in [5.41, 5.74) is 7.45. The van der Waals surface area contributed by atoms with Crippen LogP contribution in [0.4, 0.5) is 0 Å². The van der Waals surface area contributed by atoms with E-state index in [0.29, 0.717) is 11.3 Å². The Bertz CT molecular complexity index is 354. The summed E-state index contributed by atoms with van der Waals surface area (Å²) in [7, 11) is 0. The fraction of sp³-hybridized carbons (Fsp3) is 0.786. The van der Waals surface area contributed by atoms with Crippen LogP contribution in [-0.4, -0.2) is 26.8 Å². The zero-order valence-corrected chi connectivity index (χ0v) is 12.3. The molecule has 2 heterocycles. The van der Waals surface area contributed by atoms with Crippen LogP contribution in [0.15, 0.2) is 12.3 Å². The number of nitrogens with two attached hydrogens (primary N) is 1. The minimum absolute atomic E-state index is 0.266. The maximum absolute atomic E-state index is 6.29. The highest BCUT2D eigenvalue weighted by Gasteiger charge is 2.23. The van der Waals surface area contributed by atoms with E-state index < -0.39 is 0 Å². The van der Waals surface area contributed by atoms with Gasteiger partial charge in [0.05, 0.1) is 11.7 Å². The molecule has 0 amide bonds. The Hall–Kier alpha value is -0.480. The Kier molecular flexibility index (Phi) is 5.13. The molecule has 2 rings (SSSR count). The lowest BCUT2D eigenvalue weighted by Gasteiger charge is -2.17. The van der Waals surface area contributed by atoms with Crippen LogP contribution in [0.5, 0.6) is 0 Å². The van der Waals surface area contributed by atoms with Crippen molar-refractivity contribution in [2.75, 3.05) is 5.75 Å². The molecule has 1 aliphatic heterocycles. The number of hydrogen-bond donors (Lipinski definition) is 1. The van der Waals surface area contributed by atoms with Crippen molar-refractivity contribution in [2.24, 2.45) is 5.73 Å². The molecule has 2 N–H and O–H groups in total. The van der Waals surface area contributed by atoms with E-state index in [9.17, 15) is 0 Å². The molecule has 1 fully saturated rings. The fourth-order valence-corrected chi connectivity index (χ4v) is 3.98. The third-order valence-corrected chi connectivity index (χ3v) is 5.41. The summed E-state index contributed by atoms with van der Waals surface area (Å²) in [6.45, 7) is 4.44. The third-order valence-electron chi connectivity index (χ3n) is 3.87. The molecule has 1 aliphatic rings. The van der Waals surface area contributed by atoms with Crippen molar-refractivity contribution in [1.82, 2.24) is 9.78 Å². The lowest BCUT2D eigenvalue weighted by molar-refractivity contribution is 0.424. The van der Waals surface area contributed by atoms with Crippen molar-refractivity contribution in [1.29, 1.82) is 0 Å². The van der Waals surface area contributed by atoms with E-state index in [1.165, 1.54) is 18.6 Å². The molecule has 1 saturated heterocycles. The van der Waals surface area contributed by atoms with E-state index in [2.05, 4.69) is 30.8 Å². The number of aromatic nitrogens is 2. The lowest BCUT2D eigenvalue weighted by Crippen LogP contribution is -2.33. The van der Waals surface area contributed by atoms with Gasteiger partial charge >= 0.3 is 0 Å². The second-order valence-electron chi connectivity index (χ2n) is 5.18. The van der Waals surface area contributed by atoms with E-state index in [0.717, 1.165) is 25.0 Å². The van der Waals surface area contributed by atoms with E-state index in [-0.39, 0.29) is 6.04 Å². The van der Waals surface area contributed by atoms with Crippen LogP contribution in [-0.2, 0) is 6.42 Å². The quantitative estimate of drug-likeness (QED) is 0.861. The Balaban J connectivity index is 1.93. The average molecular weight is 267 g/mol. The second-order valence-corrected chi connectivity index (χ2v) is 6.52. The van der Waals surface area contributed by atoms with Gasteiger partial charge in [-0.2, -0.15) is 16.9 Å². The molecule has 1 aromatic heterocycles. The Morgan fingerprint density at radius 3 is 2.89 bits per heavy atom. The molecule has 0 spiro atoms. The van der Waals surface area contributed by atoms with Crippen LogP contribution >= 0.6 is 11.8 Å².